The van der Waals surface area contributed by atoms with Gasteiger partial charge >= 0.3 is 0 Å². The summed E-state index contributed by atoms with van der Waals surface area (Å²) >= 11 is 4.99. The van der Waals surface area contributed by atoms with Gasteiger partial charge in [-0.15, -0.1) is 0 Å². The number of thiocarbonyl (C=S) groups is 1. The quantitative estimate of drug-likeness (QED) is 0.812. The van der Waals surface area contributed by atoms with Crippen molar-refractivity contribution in [2.45, 2.75) is 20.8 Å². The van der Waals surface area contributed by atoms with Crippen molar-refractivity contribution in [3.05, 3.63) is 53.1 Å². The van der Waals surface area contributed by atoms with E-state index in [1.807, 2.05) is 18.2 Å². The number of nitrogens with one attached hydrogen (secondary N) is 1. The molecule has 2 aromatic carbocycles. The van der Waals surface area contributed by atoms with Crippen molar-refractivity contribution in [1.82, 2.24) is 0 Å². The minimum atomic E-state index is 0.295. The molecule has 0 spiro atoms. The summed E-state index contributed by atoms with van der Waals surface area (Å²) in [7, 11) is 0. The zero-order valence-electron chi connectivity index (χ0n) is 11.4. The summed E-state index contributed by atoms with van der Waals surface area (Å²) in [6, 6.07) is 12.4. The fourth-order valence-corrected chi connectivity index (χ4v) is 2.31. The first-order chi connectivity index (χ1) is 9.00. The van der Waals surface area contributed by atoms with Crippen LogP contribution in [0, 0.1) is 20.8 Å². The average molecular weight is 270 g/mol. The number of rotatable bonds is 2. The number of hydrogen-bond donors (Lipinski definition) is 2. The Hall–Kier alpha value is -1.87. The Bertz CT molecular complexity index is 618. The summed E-state index contributed by atoms with van der Waals surface area (Å²) in [4.78, 5) is 0. The number of aryl methyl sites for hydroxylation is 1. The highest BCUT2D eigenvalue weighted by molar-refractivity contribution is 7.80. The highest BCUT2D eigenvalue weighted by Gasteiger charge is 2.12. The molecular weight excluding hydrogens is 252 g/mol. The molecule has 0 bridgehead atoms. The maximum absolute atomic E-state index is 5.65. The van der Waals surface area contributed by atoms with Crippen LogP contribution in [0.5, 0.6) is 0 Å². The highest BCUT2D eigenvalue weighted by Crippen LogP contribution is 2.34. The maximum Gasteiger partial charge on any atom is 0.168 e. The van der Waals surface area contributed by atoms with Gasteiger partial charge in [-0.25, -0.2) is 0 Å². The lowest BCUT2D eigenvalue weighted by Crippen LogP contribution is -2.20. The fourth-order valence-electron chi connectivity index (χ4n) is 2.21. The Morgan fingerprint density at radius 1 is 1.05 bits per heavy atom. The van der Waals surface area contributed by atoms with Crippen LogP contribution < -0.4 is 11.1 Å². The molecule has 19 heavy (non-hydrogen) atoms. The van der Waals surface area contributed by atoms with E-state index in [2.05, 4.69) is 44.3 Å². The van der Waals surface area contributed by atoms with Crippen molar-refractivity contribution in [3.8, 4) is 11.1 Å². The SMILES string of the molecule is Cc1cc(-c2ccccc2)c(NC(N)=S)c(C)c1C. The Kier molecular flexibility index (Phi) is 3.86. The molecule has 0 amide bonds. The van der Waals surface area contributed by atoms with Crippen LogP contribution >= 0.6 is 12.2 Å². The smallest absolute Gasteiger partial charge is 0.168 e. The standard InChI is InChI=1S/C16H18N2S/c1-10-9-14(13-7-5-4-6-8-13)15(18-16(17)19)12(3)11(10)2/h4-9H,1-3H3,(H3,17,18,19). The lowest BCUT2D eigenvalue weighted by Gasteiger charge is -2.18. The summed E-state index contributed by atoms with van der Waals surface area (Å²) in [6.07, 6.45) is 0. The van der Waals surface area contributed by atoms with E-state index in [9.17, 15) is 0 Å². The van der Waals surface area contributed by atoms with Crippen molar-refractivity contribution >= 4 is 23.0 Å². The number of anilines is 1. The predicted octanol–water partition coefficient (Wildman–Crippen LogP) is 3.93. The second kappa shape index (κ2) is 5.41. The van der Waals surface area contributed by atoms with Gasteiger partial charge in [0.15, 0.2) is 5.11 Å². The topological polar surface area (TPSA) is 38.0 Å². The molecule has 3 heteroatoms. The van der Waals surface area contributed by atoms with Gasteiger partial charge in [0.1, 0.15) is 0 Å². The van der Waals surface area contributed by atoms with Gasteiger partial charge < -0.3 is 11.1 Å². The van der Waals surface area contributed by atoms with Crippen LogP contribution in [0.15, 0.2) is 36.4 Å². The van der Waals surface area contributed by atoms with Crippen LogP contribution in [-0.4, -0.2) is 5.11 Å². The van der Waals surface area contributed by atoms with E-state index in [-0.39, 0.29) is 0 Å². The Morgan fingerprint density at radius 2 is 1.68 bits per heavy atom. The van der Waals surface area contributed by atoms with Crippen LogP contribution in [0.4, 0.5) is 5.69 Å². The minimum Gasteiger partial charge on any atom is -0.376 e. The van der Waals surface area contributed by atoms with E-state index in [1.165, 1.54) is 16.7 Å². The van der Waals surface area contributed by atoms with Gasteiger partial charge in [-0.05, 0) is 61.3 Å². The molecule has 0 aromatic heterocycles. The van der Waals surface area contributed by atoms with Gasteiger partial charge in [-0.2, -0.15) is 0 Å². The van der Waals surface area contributed by atoms with Crippen LogP contribution in [0.2, 0.25) is 0 Å². The first-order valence-corrected chi connectivity index (χ1v) is 6.64. The zero-order valence-corrected chi connectivity index (χ0v) is 12.3. The molecule has 0 heterocycles. The van der Waals surface area contributed by atoms with Gasteiger partial charge in [0.2, 0.25) is 0 Å². The van der Waals surface area contributed by atoms with Crippen LogP contribution in [-0.2, 0) is 0 Å². The molecule has 0 saturated carbocycles. The van der Waals surface area contributed by atoms with Gasteiger partial charge in [0.05, 0.1) is 5.69 Å². The molecule has 0 aliphatic heterocycles. The first kappa shape index (κ1) is 13.6. The Morgan fingerprint density at radius 3 is 2.26 bits per heavy atom. The van der Waals surface area contributed by atoms with E-state index in [0.717, 1.165) is 16.8 Å². The van der Waals surface area contributed by atoms with E-state index in [1.54, 1.807) is 0 Å². The number of benzene rings is 2. The molecule has 0 unspecified atom stereocenters. The molecule has 0 aliphatic carbocycles. The largest absolute Gasteiger partial charge is 0.376 e. The Labute approximate surface area is 119 Å². The van der Waals surface area contributed by atoms with Crippen molar-refractivity contribution in [2.24, 2.45) is 5.73 Å². The molecule has 0 radical (unpaired) electrons. The highest BCUT2D eigenvalue weighted by atomic mass is 32.1. The summed E-state index contributed by atoms with van der Waals surface area (Å²) in [6.45, 7) is 6.33. The zero-order chi connectivity index (χ0) is 14.0. The summed E-state index contributed by atoms with van der Waals surface area (Å²) < 4.78 is 0. The molecule has 98 valence electrons. The lowest BCUT2D eigenvalue weighted by molar-refractivity contribution is 1.27. The van der Waals surface area contributed by atoms with Crippen LogP contribution in [0.3, 0.4) is 0 Å². The van der Waals surface area contributed by atoms with Gasteiger partial charge in [0.25, 0.3) is 0 Å². The fraction of sp³-hybridized carbons (Fsp3) is 0.188. The molecule has 2 nitrogen and oxygen atoms in total. The van der Waals surface area contributed by atoms with Crippen LogP contribution in [0.25, 0.3) is 11.1 Å². The predicted molar refractivity (Wildman–Crippen MR) is 86.5 cm³/mol. The van der Waals surface area contributed by atoms with Crippen molar-refractivity contribution in [1.29, 1.82) is 0 Å². The normalized spacial score (nSPS) is 10.3. The summed E-state index contributed by atoms with van der Waals surface area (Å²) in [5.41, 5.74) is 12.7. The van der Waals surface area contributed by atoms with E-state index >= 15 is 0 Å². The third-order valence-corrected chi connectivity index (χ3v) is 3.59. The number of hydrogen-bond acceptors (Lipinski definition) is 1. The van der Waals surface area contributed by atoms with E-state index in [0.29, 0.717) is 5.11 Å². The molecule has 2 rings (SSSR count). The first-order valence-electron chi connectivity index (χ1n) is 6.23. The maximum atomic E-state index is 5.65. The van der Waals surface area contributed by atoms with Gasteiger partial charge in [-0.3, -0.25) is 0 Å². The lowest BCUT2D eigenvalue weighted by atomic mass is 9.94. The van der Waals surface area contributed by atoms with Crippen molar-refractivity contribution in [3.63, 3.8) is 0 Å². The van der Waals surface area contributed by atoms with Gasteiger partial charge in [-0.1, -0.05) is 30.3 Å². The monoisotopic (exact) mass is 270 g/mol. The molecular formula is C16H18N2S. The van der Waals surface area contributed by atoms with Crippen molar-refractivity contribution in [2.75, 3.05) is 5.32 Å². The summed E-state index contributed by atoms with van der Waals surface area (Å²) in [5.74, 6) is 0. The second-order valence-corrected chi connectivity index (χ2v) is 5.16. The third kappa shape index (κ3) is 2.76. The Balaban J connectivity index is 2.68. The third-order valence-electron chi connectivity index (χ3n) is 3.49. The molecule has 3 N–H and O–H groups in total. The average Bonchev–Trinajstić information content (AvgIpc) is 2.40. The minimum absolute atomic E-state index is 0.295. The van der Waals surface area contributed by atoms with Crippen molar-refractivity contribution < 1.29 is 0 Å². The second-order valence-electron chi connectivity index (χ2n) is 4.72. The molecule has 2 aromatic rings. The molecule has 0 fully saturated rings. The molecule has 0 atom stereocenters. The van der Waals surface area contributed by atoms with Gasteiger partial charge in [0, 0.05) is 5.56 Å². The molecule has 0 aliphatic rings. The van der Waals surface area contributed by atoms with Crippen LogP contribution in [0.1, 0.15) is 16.7 Å². The number of nitrogens with two attached hydrogens (primary N) is 1. The van der Waals surface area contributed by atoms with E-state index < -0.39 is 0 Å². The van der Waals surface area contributed by atoms with E-state index in [4.69, 9.17) is 18.0 Å². The molecule has 0 saturated heterocycles. The summed E-state index contributed by atoms with van der Waals surface area (Å²) in [5, 5.41) is 3.41.